The lowest BCUT2D eigenvalue weighted by Gasteiger charge is -2.23. The van der Waals surface area contributed by atoms with Crippen LogP contribution in [0.25, 0.3) is 0 Å². The first kappa shape index (κ1) is 13.9. The van der Waals surface area contributed by atoms with Crippen LogP contribution in [0.2, 0.25) is 0 Å². The lowest BCUT2D eigenvalue weighted by Crippen LogP contribution is -2.33. The van der Waals surface area contributed by atoms with E-state index in [1.807, 2.05) is 0 Å². The van der Waals surface area contributed by atoms with E-state index in [4.69, 9.17) is 0 Å². The fraction of sp³-hybridized carbons (Fsp3) is 0.583. The summed E-state index contributed by atoms with van der Waals surface area (Å²) in [6.07, 6.45) is 0.615. The summed E-state index contributed by atoms with van der Waals surface area (Å²) in [5, 5.41) is 5.44. The van der Waals surface area contributed by atoms with Crippen molar-refractivity contribution >= 4 is 33.0 Å². The summed E-state index contributed by atoms with van der Waals surface area (Å²) < 4.78 is 1.14. The summed E-state index contributed by atoms with van der Waals surface area (Å²) in [5.74, 6) is 0.240. The van der Waals surface area contributed by atoms with Gasteiger partial charge in [-0.15, -0.1) is 11.3 Å². The molecule has 1 rings (SSSR count). The van der Waals surface area contributed by atoms with Crippen molar-refractivity contribution in [1.29, 1.82) is 0 Å². The smallest absolute Gasteiger partial charge is 0.131 e. The molecule has 4 heteroatoms. The Morgan fingerprint density at radius 1 is 1.56 bits per heavy atom. The predicted molar refractivity (Wildman–Crippen MR) is 73.2 cm³/mol. The number of ketones is 1. The van der Waals surface area contributed by atoms with Crippen molar-refractivity contribution in [2.24, 2.45) is 0 Å². The Kier molecular flexibility index (Phi) is 5.15. The van der Waals surface area contributed by atoms with Crippen LogP contribution in [0.1, 0.15) is 32.1 Å². The normalized spacial score (nSPS) is 11.8. The predicted octanol–water partition coefficient (Wildman–Crippen LogP) is 3.36. The van der Waals surface area contributed by atoms with Gasteiger partial charge in [0.05, 0.1) is 0 Å². The molecule has 0 fully saturated rings. The Morgan fingerprint density at radius 3 is 2.75 bits per heavy atom. The Bertz CT molecular complexity index is 360. The SMILES string of the molecule is CC(=O)CCNCC(C)(C)c1cc(Br)cs1. The summed E-state index contributed by atoms with van der Waals surface area (Å²) in [4.78, 5) is 12.2. The minimum atomic E-state index is 0.119. The zero-order valence-corrected chi connectivity index (χ0v) is 12.4. The molecule has 0 unspecified atom stereocenters. The maximum absolute atomic E-state index is 10.8. The summed E-state index contributed by atoms with van der Waals surface area (Å²) in [7, 11) is 0. The van der Waals surface area contributed by atoms with Crippen LogP contribution in [-0.2, 0) is 10.2 Å². The summed E-state index contributed by atoms with van der Waals surface area (Å²) >= 11 is 5.24. The van der Waals surface area contributed by atoms with Gasteiger partial charge in [0.15, 0.2) is 0 Å². The molecule has 1 N–H and O–H groups in total. The number of thiophene rings is 1. The number of rotatable bonds is 6. The van der Waals surface area contributed by atoms with Crippen molar-refractivity contribution in [3.05, 3.63) is 20.8 Å². The van der Waals surface area contributed by atoms with Crippen molar-refractivity contribution in [1.82, 2.24) is 5.32 Å². The fourth-order valence-electron chi connectivity index (χ4n) is 1.42. The number of hydrogen-bond donors (Lipinski definition) is 1. The van der Waals surface area contributed by atoms with Gasteiger partial charge >= 0.3 is 0 Å². The summed E-state index contributed by atoms with van der Waals surface area (Å²) in [6, 6.07) is 2.16. The van der Waals surface area contributed by atoms with E-state index < -0.39 is 0 Å². The molecular weight excluding hydrogens is 286 g/mol. The molecule has 0 bridgehead atoms. The monoisotopic (exact) mass is 303 g/mol. The number of Topliss-reactive ketones (excluding diaryl/α,β-unsaturated/α-hetero) is 1. The van der Waals surface area contributed by atoms with Crippen molar-refractivity contribution in [2.75, 3.05) is 13.1 Å². The summed E-state index contributed by atoms with van der Waals surface area (Å²) in [6.45, 7) is 7.72. The van der Waals surface area contributed by atoms with E-state index in [2.05, 4.69) is 46.5 Å². The summed E-state index contributed by atoms with van der Waals surface area (Å²) in [5.41, 5.74) is 0.119. The topological polar surface area (TPSA) is 29.1 Å². The maximum atomic E-state index is 10.8. The molecule has 0 atom stereocenters. The van der Waals surface area contributed by atoms with Crippen LogP contribution in [0.3, 0.4) is 0 Å². The Balaban J connectivity index is 2.43. The highest BCUT2D eigenvalue weighted by Gasteiger charge is 2.21. The van der Waals surface area contributed by atoms with E-state index in [1.54, 1.807) is 18.3 Å². The van der Waals surface area contributed by atoms with Crippen molar-refractivity contribution < 1.29 is 4.79 Å². The average molecular weight is 304 g/mol. The third kappa shape index (κ3) is 4.36. The second kappa shape index (κ2) is 5.94. The maximum Gasteiger partial charge on any atom is 0.131 e. The third-order valence-corrected chi connectivity index (χ3v) is 4.51. The van der Waals surface area contributed by atoms with Crippen molar-refractivity contribution in [3.8, 4) is 0 Å². The van der Waals surface area contributed by atoms with Crippen LogP contribution in [0.15, 0.2) is 15.9 Å². The molecule has 0 spiro atoms. The zero-order valence-electron chi connectivity index (χ0n) is 9.97. The highest BCUT2D eigenvalue weighted by atomic mass is 79.9. The Hall–Kier alpha value is -0.190. The second-order valence-electron chi connectivity index (χ2n) is 4.64. The van der Waals surface area contributed by atoms with Gasteiger partial charge in [0.2, 0.25) is 0 Å². The van der Waals surface area contributed by atoms with Crippen LogP contribution in [0.5, 0.6) is 0 Å². The molecule has 1 aromatic rings. The lowest BCUT2D eigenvalue weighted by molar-refractivity contribution is -0.116. The van der Waals surface area contributed by atoms with Crippen molar-refractivity contribution in [3.63, 3.8) is 0 Å². The van der Waals surface area contributed by atoms with E-state index in [9.17, 15) is 4.79 Å². The molecule has 16 heavy (non-hydrogen) atoms. The van der Waals surface area contributed by atoms with Gasteiger partial charge in [0, 0.05) is 39.7 Å². The number of carbonyl (C=O) groups excluding carboxylic acids is 1. The molecule has 0 saturated heterocycles. The number of halogens is 1. The van der Waals surface area contributed by atoms with Gasteiger partial charge in [-0.1, -0.05) is 13.8 Å². The molecule has 0 aliphatic carbocycles. The number of nitrogens with one attached hydrogen (secondary N) is 1. The van der Waals surface area contributed by atoms with E-state index >= 15 is 0 Å². The Labute approximate surface area is 110 Å². The van der Waals surface area contributed by atoms with E-state index in [0.29, 0.717) is 6.42 Å². The zero-order chi connectivity index (χ0) is 12.2. The minimum Gasteiger partial charge on any atom is -0.315 e. The fourth-order valence-corrected chi connectivity index (χ4v) is 2.97. The molecule has 1 aromatic heterocycles. The molecule has 1 heterocycles. The molecule has 0 radical (unpaired) electrons. The standard InChI is InChI=1S/C12H18BrNOS/c1-9(15)4-5-14-8-12(2,3)11-6-10(13)7-16-11/h6-7,14H,4-5,8H2,1-3H3. The Morgan fingerprint density at radius 2 is 2.25 bits per heavy atom. The highest BCUT2D eigenvalue weighted by molar-refractivity contribution is 9.10. The largest absolute Gasteiger partial charge is 0.315 e. The molecule has 2 nitrogen and oxygen atoms in total. The van der Waals surface area contributed by atoms with Gasteiger partial charge < -0.3 is 5.32 Å². The van der Waals surface area contributed by atoms with Crippen LogP contribution in [0, 0.1) is 0 Å². The highest BCUT2D eigenvalue weighted by Crippen LogP contribution is 2.30. The van der Waals surface area contributed by atoms with E-state index in [0.717, 1.165) is 17.6 Å². The molecular formula is C12H18BrNOS. The molecule has 0 aliphatic heterocycles. The van der Waals surface area contributed by atoms with Crippen LogP contribution in [0.4, 0.5) is 0 Å². The lowest BCUT2D eigenvalue weighted by atomic mass is 9.91. The molecule has 90 valence electrons. The van der Waals surface area contributed by atoms with Crippen molar-refractivity contribution in [2.45, 2.75) is 32.6 Å². The first-order valence-corrected chi connectivity index (χ1v) is 7.04. The molecule has 0 saturated carbocycles. The van der Waals surface area contributed by atoms with Gasteiger partial charge in [-0.25, -0.2) is 0 Å². The van der Waals surface area contributed by atoms with Gasteiger partial charge in [0.1, 0.15) is 5.78 Å². The quantitative estimate of drug-likeness (QED) is 0.817. The van der Waals surface area contributed by atoms with Crippen LogP contribution < -0.4 is 5.32 Å². The first-order chi connectivity index (χ1) is 7.42. The van der Waals surface area contributed by atoms with Crippen LogP contribution in [-0.4, -0.2) is 18.9 Å². The van der Waals surface area contributed by atoms with Gasteiger partial charge in [-0.3, -0.25) is 4.79 Å². The average Bonchev–Trinajstić information content (AvgIpc) is 2.60. The first-order valence-electron chi connectivity index (χ1n) is 5.36. The van der Waals surface area contributed by atoms with Gasteiger partial charge in [0.25, 0.3) is 0 Å². The third-order valence-electron chi connectivity index (χ3n) is 2.46. The number of hydrogen-bond acceptors (Lipinski definition) is 3. The van der Waals surface area contributed by atoms with E-state index in [1.165, 1.54) is 4.88 Å². The van der Waals surface area contributed by atoms with Crippen LogP contribution >= 0.6 is 27.3 Å². The molecule has 0 amide bonds. The number of carbonyl (C=O) groups is 1. The van der Waals surface area contributed by atoms with Gasteiger partial charge in [-0.05, 0) is 28.9 Å². The second-order valence-corrected chi connectivity index (χ2v) is 6.47. The van der Waals surface area contributed by atoms with E-state index in [-0.39, 0.29) is 11.2 Å². The van der Waals surface area contributed by atoms with Gasteiger partial charge in [-0.2, -0.15) is 0 Å². The molecule has 0 aliphatic rings. The molecule has 0 aromatic carbocycles. The minimum absolute atomic E-state index is 0.119.